The fourth-order valence-corrected chi connectivity index (χ4v) is 4.08. The summed E-state index contributed by atoms with van der Waals surface area (Å²) in [5.41, 5.74) is 1.92. The first-order valence-electron chi connectivity index (χ1n) is 8.80. The summed E-state index contributed by atoms with van der Waals surface area (Å²) >= 11 is 1.59. The van der Waals surface area contributed by atoms with Gasteiger partial charge in [-0.3, -0.25) is 9.67 Å². The molecule has 1 aliphatic rings. The average Bonchev–Trinajstić information content (AvgIpc) is 3.31. The molecule has 0 aliphatic heterocycles. The molecule has 0 saturated heterocycles. The van der Waals surface area contributed by atoms with Gasteiger partial charge in [-0.15, -0.1) is 10.2 Å². The summed E-state index contributed by atoms with van der Waals surface area (Å²) in [7, 11) is 0. The molecule has 0 N–H and O–H groups in total. The molecule has 142 valence electrons. The summed E-state index contributed by atoms with van der Waals surface area (Å²) in [4.78, 5) is 4.36. The summed E-state index contributed by atoms with van der Waals surface area (Å²) in [5, 5.41) is 14.8. The second-order valence-electron chi connectivity index (χ2n) is 6.78. The molecule has 0 spiro atoms. The minimum Gasteiger partial charge on any atom is -0.256 e. The highest BCUT2D eigenvalue weighted by Gasteiger charge is 2.27. The summed E-state index contributed by atoms with van der Waals surface area (Å²) in [6.07, 6.45) is 2.69. The summed E-state index contributed by atoms with van der Waals surface area (Å²) in [5.74, 6) is -0.364. The quantitative estimate of drug-likeness (QED) is 0.475. The van der Waals surface area contributed by atoms with Crippen molar-refractivity contribution in [3.63, 3.8) is 0 Å². The van der Waals surface area contributed by atoms with Crippen molar-refractivity contribution in [2.24, 2.45) is 0 Å². The van der Waals surface area contributed by atoms with Crippen molar-refractivity contribution in [3.05, 3.63) is 58.1 Å². The topological polar surface area (TPSA) is 56.5 Å². The predicted molar refractivity (Wildman–Crippen MR) is 98.9 cm³/mol. The van der Waals surface area contributed by atoms with Crippen molar-refractivity contribution >= 4 is 22.4 Å². The van der Waals surface area contributed by atoms with Gasteiger partial charge in [0.25, 0.3) is 6.43 Å². The van der Waals surface area contributed by atoms with Gasteiger partial charge < -0.3 is 0 Å². The summed E-state index contributed by atoms with van der Waals surface area (Å²) < 4.78 is 41.4. The first-order chi connectivity index (χ1) is 13.6. The number of pyridine rings is 1. The Kier molecular flexibility index (Phi) is 4.12. The Morgan fingerprint density at radius 2 is 1.96 bits per heavy atom. The monoisotopic (exact) mass is 401 g/mol. The molecule has 0 amide bonds. The maximum atomic E-state index is 13.6. The Labute approximate surface area is 161 Å². The van der Waals surface area contributed by atoms with Gasteiger partial charge in [-0.2, -0.15) is 5.10 Å². The summed E-state index contributed by atoms with van der Waals surface area (Å²) in [6.45, 7) is 0.463. The van der Waals surface area contributed by atoms with Gasteiger partial charge in [-0.05, 0) is 36.6 Å². The van der Waals surface area contributed by atoms with Gasteiger partial charge >= 0.3 is 0 Å². The zero-order chi connectivity index (χ0) is 19.3. The third kappa shape index (κ3) is 3.15. The Balaban J connectivity index is 1.50. The van der Waals surface area contributed by atoms with Gasteiger partial charge in [0.15, 0.2) is 0 Å². The fourth-order valence-electron chi connectivity index (χ4n) is 3.08. The first kappa shape index (κ1) is 17.3. The van der Waals surface area contributed by atoms with E-state index in [4.69, 9.17) is 0 Å². The van der Waals surface area contributed by atoms with Crippen LogP contribution in [0.4, 0.5) is 13.2 Å². The van der Waals surface area contributed by atoms with Crippen LogP contribution in [0.5, 0.6) is 0 Å². The molecule has 3 aromatic heterocycles. The maximum absolute atomic E-state index is 13.6. The SMILES string of the molecule is Fc1ccc(-c2cnc3cnn(Cc4nnc(C5CC5)s4)c3c2)cc1C(F)F. The highest BCUT2D eigenvalue weighted by atomic mass is 32.1. The van der Waals surface area contributed by atoms with E-state index in [0.717, 1.165) is 27.7 Å². The number of halogens is 3. The molecule has 5 nitrogen and oxygen atoms in total. The van der Waals surface area contributed by atoms with Crippen LogP contribution in [0.25, 0.3) is 22.2 Å². The number of benzene rings is 1. The van der Waals surface area contributed by atoms with E-state index in [-0.39, 0.29) is 0 Å². The standard InChI is InChI=1S/C19H14F3N5S/c20-14-4-3-11(5-13(14)18(21)22)12-6-16-15(23-7-12)8-24-27(16)9-17-25-26-19(28-17)10-1-2-10/h3-8,10,18H,1-2,9H2. The van der Waals surface area contributed by atoms with Crippen molar-refractivity contribution in [2.45, 2.75) is 31.7 Å². The molecule has 28 heavy (non-hydrogen) atoms. The lowest BCUT2D eigenvalue weighted by Gasteiger charge is -2.07. The van der Waals surface area contributed by atoms with Crippen molar-refractivity contribution in [1.29, 1.82) is 0 Å². The minimum atomic E-state index is -2.87. The van der Waals surface area contributed by atoms with Crippen LogP contribution >= 0.6 is 11.3 Å². The molecule has 1 saturated carbocycles. The molecule has 5 rings (SSSR count). The fraction of sp³-hybridized carbons (Fsp3) is 0.263. The average molecular weight is 401 g/mol. The van der Waals surface area contributed by atoms with E-state index in [1.807, 2.05) is 6.07 Å². The van der Waals surface area contributed by atoms with Crippen LogP contribution in [-0.4, -0.2) is 25.0 Å². The number of alkyl halides is 2. The van der Waals surface area contributed by atoms with Gasteiger partial charge in [0.1, 0.15) is 21.3 Å². The van der Waals surface area contributed by atoms with Crippen LogP contribution in [0, 0.1) is 5.82 Å². The Morgan fingerprint density at radius 1 is 1.11 bits per heavy atom. The number of fused-ring (bicyclic) bond motifs is 1. The molecule has 1 aliphatic carbocycles. The Morgan fingerprint density at radius 3 is 2.75 bits per heavy atom. The third-order valence-electron chi connectivity index (χ3n) is 4.75. The lowest BCUT2D eigenvalue weighted by atomic mass is 10.0. The van der Waals surface area contributed by atoms with Crippen molar-refractivity contribution in [3.8, 4) is 11.1 Å². The molecular weight excluding hydrogens is 387 g/mol. The van der Waals surface area contributed by atoms with E-state index < -0.39 is 17.8 Å². The number of hydrogen-bond donors (Lipinski definition) is 0. The van der Waals surface area contributed by atoms with Crippen LogP contribution in [0.2, 0.25) is 0 Å². The van der Waals surface area contributed by atoms with E-state index in [1.165, 1.54) is 18.9 Å². The number of nitrogens with zero attached hydrogens (tertiary/aromatic N) is 5. The zero-order valence-electron chi connectivity index (χ0n) is 14.5. The van der Waals surface area contributed by atoms with Gasteiger partial charge in [0.2, 0.25) is 0 Å². The van der Waals surface area contributed by atoms with E-state index >= 15 is 0 Å². The molecular formula is C19H14F3N5S. The van der Waals surface area contributed by atoms with E-state index in [1.54, 1.807) is 28.4 Å². The number of aromatic nitrogens is 5. The lowest BCUT2D eigenvalue weighted by molar-refractivity contribution is 0.146. The zero-order valence-corrected chi connectivity index (χ0v) is 15.3. The van der Waals surface area contributed by atoms with Gasteiger partial charge in [0.05, 0.1) is 23.8 Å². The van der Waals surface area contributed by atoms with Gasteiger partial charge in [-0.25, -0.2) is 13.2 Å². The normalized spacial score (nSPS) is 14.3. The second-order valence-corrected chi connectivity index (χ2v) is 7.87. The van der Waals surface area contributed by atoms with Gasteiger partial charge in [-0.1, -0.05) is 17.4 Å². The van der Waals surface area contributed by atoms with Crippen molar-refractivity contribution in [2.75, 3.05) is 0 Å². The first-order valence-corrected chi connectivity index (χ1v) is 9.62. The highest BCUT2D eigenvalue weighted by Crippen LogP contribution is 2.41. The van der Waals surface area contributed by atoms with Gasteiger partial charge in [0, 0.05) is 17.7 Å². The smallest absolute Gasteiger partial charge is 0.256 e. The van der Waals surface area contributed by atoms with Crippen molar-refractivity contribution in [1.82, 2.24) is 25.0 Å². The molecule has 9 heteroatoms. The molecule has 0 bridgehead atoms. The lowest BCUT2D eigenvalue weighted by Crippen LogP contribution is -2.01. The molecule has 0 atom stereocenters. The third-order valence-corrected chi connectivity index (χ3v) is 5.82. The van der Waals surface area contributed by atoms with Crippen LogP contribution < -0.4 is 0 Å². The Bertz CT molecular complexity index is 1170. The molecule has 0 unspecified atom stereocenters. The minimum absolute atomic E-state index is 0.463. The number of hydrogen-bond acceptors (Lipinski definition) is 5. The maximum Gasteiger partial charge on any atom is 0.266 e. The van der Waals surface area contributed by atoms with Crippen LogP contribution in [0.15, 0.2) is 36.7 Å². The summed E-state index contributed by atoms with van der Waals surface area (Å²) in [6, 6.07) is 5.51. The van der Waals surface area contributed by atoms with Crippen LogP contribution in [0.1, 0.15) is 40.8 Å². The largest absolute Gasteiger partial charge is 0.266 e. The Hall–Kier alpha value is -2.81. The second kappa shape index (κ2) is 6.66. The predicted octanol–water partition coefficient (Wildman–Crippen LogP) is 4.95. The molecule has 0 radical (unpaired) electrons. The van der Waals surface area contributed by atoms with E-state index in [9.17, 15) is 13.2 Å². The van der Waals surface area contributed by atoms with Crippen molar-refractivity contribution < 1.29 is 13.2 Å². The molecule has 1 aromatic carbocycles. The van der Waals surface area contributed by atoms with E-state index in [0.29, 0.717) is 29.1 Å². The number of rotatable bonds is 5. The van der Waals surface area contributed by atoms with Crippen LogP contribution in [0.3, 0.4) is 0 Å². The highest BCUT2D eigenvalue weighted by molar-refractivity contribution is 7.11. The molecule has 4 aromatic rings. The molecule has 3 heterocycles. The molecule has 1 fully saturated rings. The van der Waals surface area contributed by atoms with Crippen LogP contribution in [-0.2, 0) is 6.54 Å². The van der Waals surface area contributed by atoms with E-state index in [2.05, 4.69) is 20.3 Å².